The molecular formula is C19H28N4. The van der Waals surface area contributed by atoms with E-state index in [1.165, 1.54) is 30.6 Å². The highest BCUT2D eigenvalue weighted by atomic mass is 15.2. The van der Waals surface area contributed by atoms with Crippen LogP contribution in [0.3, 0.4) is 0 Å². The molecule has 1 aromatic heterocycles. The Morgan fingerprint density at radius 2 is 1.96 bits per heavy atom. The fourth-order valence-corrected chi connectivity index (χ4v) is 3.49. The average Bonchev–Trinajstić information content (AvgIpc) is 2.88. The summed E-state index contributed by atoms with van der Waals surface area (Å²) in [5, 5.41) is 4.27. The Labute approximate surface area is 139 Å². The SMILES string of the molecule is CC1CN(Cc2ccccc2)CCCN1CCc1cnn(C)c1. The van der Waals surface area contributed by atoms with Crippen LogP contribution >= 0.6 is 0 Å². The van der Waals surface area contributed by atoms with Crippen molar-refractivity contribution in [3.63, 3.8) is 0 Å². The van der Waals surface area contributed by atoms with E-state index in [9.17, 15) is 0 Å². The largest absolute Gasteiger partial charge is 0.299 e. The molecular weight excluding hydrogens is 284 g/mol. The van der Waals surface area contributed by atoms with Gasteiger partial charge in [-0.2, -0.15) is 5.10 Å². The number of aromatic nitrogens is 2. The first-order valence-electron chi connectivity index (χ1n) is 8.68. The average molecular weight is 312 g/mol. The molecule has 0 radical (unpaired) electrons. The molecule has 3 rings (SSSR count). The second-order valence-corrected chi connectivity index (χ2v) is 6.73. The lowest BCUT2D eigenvalue weighted by atomic mass is 10.2. The van der Waals surface area contributed by atoms with Gasteiger partial charge in [0.15, 0.2) is 0 Å². The van der Waals surface area contributed by atoms with E-state index in [-0.39, 0.29) is 0 Å². The summed E-state index contributed by atoms with van der Waals surface area (Å²) in [6.45, 7) is 8.12. The molecule has 1 atom stereocenters. The summed E-state index contributed by atoms with van der Waals surface area (Å²) in [6, 6.07) is 11.4. The fourth-order valence-electron chi connectivity index (χ4n) is 3.49. The predicted molar refractivity (Wildman–Crippen MR) is 94.3 cm³/mol. The van der Waals surface area contributed by atoms with Crippen molar-refractivity contribution < 1.29 is 0 Å². The van der Waals surface area contributed by atoms with Gasteiger partial charge < -0.3 is 0 Å². The molecule has 0 aliphatic carbocycles. The second-order valence-electron chi connectivity index (χ2n) is 6.73. The van der Waals surface area contributed by atoms with Crippen LogP contribution in [0.1, 0.15) is 24.5 Å². The summed E-state index contributed by atoms with van der Waals surface area (Å²) in [4.78, 5) is 5.24. The van der Waals surface area contributed by atoms with Crippen molar-refractivity contribution in [1.82, 2.24) is 19.6 Å². The number of aryl methyl sites for hydroxylation is 1. The Bertz CT molecular complexity index is 592. The fraction of sp³-hybridized carbons (Fsp3) is 0.526. The molecule has 1 saturated heterocycles. The van der Waals surface area contributed by atoms with E-state index in [1.807, 2.05) is 17.9 Å². The van der Waals surface area contributed by atoms with Crippen LogP contribution in [0.15, 0.2) is 42.7 Å². The maximum atomic E-state index is 4.27. The molecule has 1 unspecified atom stereocenters. The molecule has 0 bridgehead atoms. The first-order valence-corrected chi connectivity index (χ1v) is 8.68. The Balaban J connectivity index is 1.52. The minimum atomic E-state index is 0.609. The van der Waals surface area contributed by atoms with Crippen LogP contribution in [-0.2, 0) is 20.0 Å². The number of hydrogen-bond donors (Lipinski definition) is 0. The zero-order chi connectivity index (χ0) is 16.1. The Morgan fingerprint density at radius 3 is 2.70 bits per heavy atom. The minimum absolute atomic E-state index is 0.609. The van der Waals surface area contributed by atoms with Crippen LogP contribution < -0.4 is 0 Å². The summed E-state index contributed by atoms with van der Waals surface area (Å²) >= 11 is 0. The molecule has 124 valence electrons. The highest BCUT2D eigenvalue weighted by molar-refractivity contribution is 5.14. The zero-order valence-electron chi connectivity index (χ0n) is 14.4. The molecule has 4 heteroatoms. The van der Waals surface area contributed by atoms with Gasteiger partial charge >= 0.3 is 0 Å². The third-order valence-corrected chi connectivity index (χ3v) is 4.76. The molecule has 2 heterocycles. The van der Waals surface area contributed by atoms with Crippen LogP contribution in [-0.4, -0.2) is 51.8 Å². The maximum absolute atomic E-state index is 4.27. The lowest BCUT2D eigenvalue weighted by Crippen LogP contribution is -2.39. The van der Waals surface area contributed by atoms with Gasteiger partial charge in [0.1, 0.15) is 0 Å². The van der Waals surface area contributed by atoms with E-state index in [1.54, 1.807) is 0 Å². The van der Waals surface area contributed by atoms with Crippen LogP contribution in [0.2, 0.25) is 0 Å². The summed E-state index contributed by atoms with van der Waals surface area (Å²) in [7, 11) is 1.99. The van der Waals surface area contributed by atoms with Crippen LogP contribution in [0.5, 0.6) is 0 Å². The van der Waals surface area contributed by atoms with Crippen LogP contribution in [0.4, 0.5) is 0 Å². The van der Waals surface area contributed by atoms with E-state index in [0.717, 1.165) is 26.1 Å². The Hall–Kier alpha value is -1.65. The van der Waals surface area contributed by atoms with E-state index in [2.05, 4.69) is 58.4 Å². The predicted octanol–water partition coefficient (Wildman–Crippen LogP) is 2.56. The van der Waals surface area contributed by atoms with Crippen molar-refractivity contribution >= 4 is 0 Å². The Morgan fingerprint density at radius 1 is 1.13 bits per heavy atom. The molecule has 23 heavy (non-hydrogen) atoms. The third kappa shape index (κ3) is 4.66. The van der Waals surface area contributed by atoms with Crippen LogP contribution in [0.25, 0.3) is 0 Å². The third-order valence-electron chi connectivity index (χ3n) is 4.76. The first kappa shape index (κ1) is 16.2. The molecule has 0 saturated carbocycles. The lowest BCUT2D eigenvalue weighted by molar-refractivity contribution is 0.189. The van der Waals surface area contributed by atoms with Crippen molar-refractivity contribution in [3.05, 3.63) is 53.9 Å². The maximum Gasteiger partial charge on any atom is 0.0522 e. The molecule has 0 spiro atoms. The smallest absolute Gasteiger partial charge is 0.0522 e. The summed E-state index contributed by atoms with van der Waals surface area (Å²) in [5.74, 6) is 0. The Kier molecular flexibility index (Phi) is 5.47. The first-order chi connectivity index (χ1) is 11.2. The number of nitrogens with zero attached hydrogens (tertiary/aromatic N) is 4. The van der Waals surface area contributed by atoms with Gasteiger partial charge in [0.25, 0.3) is 0 Å². The normalized spacial score (nSPS) is 20.5. The summed E-state index contributed by atoms with van der Waals surface area (Å²) in [6.07, 6.45) is 6.47. The molecule has 0 amide bonds. The van der Waals surface area contributed by atoms with E-state index in [0.29, 0.717) is 6.04 Å². The van der Waals surface area contributed by atoms with E-state index in [4.69, 9.17) is 0 Å². The summed E-state index contributed by atoms with van der Waals surface area (Å²) in [5.41, 5.74) is 2.76. The van der Waals surface area contributed by atoms with Gasteiger partial charge in [-0.15, -0.1) is 0 Å². The van der Waals surface area contributed by atoms with E-state index >= 15 is 0 Å². The molecule has 0 N–H and O–H groups in total. The van der Waals surface area contributed by atoms with Crippen molar-refractivity contribution in [2.75, 3.05) is 26.2 Å². The molecule has 1 fully saturated rings. The van der Waals surface area contributed by atoms with Gasteiger partial charge in [-0.05, 0) is 44.0 Å². The van der Waals surface area contributed by atoms with Crippen molar-refractivity contribution in [3.8, 4) is 0 Å². The van der Waals surface area contributed by atoms with Crippen molar-refractivity contribution in [2.45, 2.75) is 32.4 Å². The molecule has 1 aliphatic heterocycles. The lowest BCUT2D eigenvalue weighted by Gasteiger charge is -2.28. The number of rotatable bonds is 5. The van der Waals surface area contributed by atoms with Crippen molar-refractivity contribution in [2.24, 2.45) is 7.05 Å². The molecule has 1 aliphatic rings. The van der Waals surface area contributed by atoms with Gasteiger partial charge in [-0.1, -0.05) is 30.3 Å². The van der Waals surface area contributed by atoms with Gasteiger partial charge in [-0.25, -0.2) is 0 Å². The van der Waals surface area contributed by atoms with Gasteiger partial charge in [0, 0.05) is 38.9 Å². The topological polar surface area (TPSA) is 24.3 Å². The number of hydrogen-bond acceptors (Lipinski definition) is 3. The summed E-state index contributed by atoms with van der Waals surface area (Å²) < 4.78 is 1.89. The highest BCUT2D eigenvalue weighted by Crippen LogP contribution is 2.14. The molecule has 4 nitrogen and oxygen atoms in total. The standard InChI is InChI=1S/C19H28N4/c1-17-14-22(16-18-7-4-3-5-8-18)10-6-11-23(17)12-9-19-13-20-21(2)15-19/h3-5,7-8,13,15,17H,6,9-12,14,16H2,1-2H3. The highest BCUT2D eigenvalue weighted by Gasteiger charge is 2.21. The zero-order valence-corrected chi connectivity index (χ0v) is 14.4. The minimum Gasteiger partial charge on any atom is -0.299 e. The van der Waals surface area contributed by atoms with E-state index < -0.39 is 0 Å². The monoisotopic (exact) mass is 312 g/mol. The number of benzene rings is 1. The van der Waals surface area contributed by atoms with Gasteiger partial charge in [0.05, 0.1) is 6.20 Å². The van der Waals surface area contributed by atoms with Gasteiger partial charge in [-0.3, -0.25) is 14.5 Å². The quantitative estimate of drug-likeness (QED) is 0.848. The van der Waals surface area contributed by atoms with Crippen LogP contribution in [0, 0.1) is 0 Å². The molecule has 1 aromatic carbocycles. The second kappa shape index (κ2) is 7.75. The van der Waals surface area contributed by atoms with Gasteiger partial charge in [0.2, 0.25) is 0 Å². The molecule has 2 aromatic rings. The van der Waals surface area contributed by atoms with Crippen molar-refractivity contribution in [1.29, 1.82) is 0 Å².